The predicted octanol–water partition coefficient (Wildman–Crippen LogP) is 3.27. The van der Waals surface area contributed by atoms with E-state index in [0.29, 0.717) is 5.56 Å². The maximum Gasteiger partial charge on any atom is 0.250 e. The van der Waals surface area contributed by atoms with Crippen molar-refractivity contribution in [2.45, 2.75) is 6.54 Å². The van der Waals surface area contributed by atoms with Crippen LogP contribution in [0.2, 0.25) is 0 Å². The predicted molar refractivity (Wildman–Crippen MR) is 96.6 cm³/mol. The van der Waals surface area contributed by atoms with E-state index in [1.807, 2.05) is 36.4 Å². The number of carbonyl (C=O) groups excluding carboxylic acids is 1. The van der Waals surface area contributed by atoms with Crippen LogP contribution in [0.3, 0.4) is 0 Å². The topological polar surface area (TPSA) is 67.8 Å². The van der Waals surface area contributed by atoms with Crippen LogP contribution in [0, 0.1) is 0 Å². The number of nitrogens with one attached hydrogen (secondary N) is 1. The van der Waals surface area contributed by atoms with Crippen molar-refractivity contribution in [1.82, 2.24) is 14.8 Å². The van der Waals surface area contributed by atoms with Crippen LogP contribution in [0.25, 0.3) is 22.0 Å². The number of hydrogen-bond donors (Lipinski definition) is 1. The highest BCUT2D eigenvalue weighted by molar-refractivity contribution is 5.95. The third kappa shape index (κ3) is 2.99. The lowest BCUT2D eigenvalue weighted by molar-refractivity contribution is 0.0971. The number of nitrogens with zero attached hydrogens (tertiary/aromatic N) is 2. The molecule has 0 saturated carbocycles. The number of carbonyl (C=O) groups is 1. The molecule has 5 nitrogen and oxygen atoms in total. The normalized spacial score (nSPS) is 10.9. The zero-order valence-corrected chi connectivity index (χ0v) is 13.3. The van der Waals surface area contributed by atoms with Crippen LogP contribution >= 0.6 is 0 Å². The lowest BCUT2D eigenvalue weighted by Gasteiger charge is -2.08. The highest BCUT2D eigenvalue weighted by Gasteiger charge is 2.09. The summed E-state index contributed by atoms with van der Waals surface area (Å²) in [5.74, 6) is -0.0936. The fraction of sp³-hybridized carbons (Fsp3) is 0.0500. The molecule has 0 aliphatic heterocycles. The van der Waals surface area contributed by atoms with Crippen molar-refractivity contribution in [2.75, 3.05) is 0 Å². The number of hydrogen-bond acceptors (Lipinski definition) is 3. The van der Waals surface area contributed by atoms with Crippen LogP contribution in [0.5, 0.6) is 0 Å². The van der Waals surface area contributed by atoms with E-state index in [1.54, 1.807) is 30.6 Å². The molecule has 2 aromatic carbocycles. The molecule has 0 saturated heterocycles. The zero-order chi connectivity index (χ0) is 17.2. The molecule has 2 heterocycles. The van der Waals surface area contributed by atoms with Crippen molar-refractivity contribution in [3.63, 3.8) is 0 Å². The first-order chi connectivity index (χ1) is 12.2. The number of ketones is 1. The molecule has 1 N–H and O–H groups in total. The van der Waals surface area contributed by atoms with Crippen molar-refractivity contribution < 1.29 is 4.79 Å². The van der Waals surface area contributed by atoms with E-state index in [9.17, 15) is 9.59 Å². The summed E-state index contributed by atoms with van der Waals surface area (Å²) in [6.45, 7) is 0.0169. The quantitative estimate of drug-likeness (QED) is 0.584. The third-order valence-corrected chi connectivity index (χ3v) is 4.17. The molecule has 0 aliphatic carbocycles. The highest BCUT2D eigenvalue weighted by atomic mass is 16.1. The highest BCUT2D eigenvalue weighted by Crippen LogP contribution is 2.22. The number of aromatic nitrogens is 3. The van der Waals surface area contributed by atoms with Gasteiger partial charge in [0.15, 0.2) is 5.78 Å². The van der Waals surface area contributed by atoms with Gasteiger partial charge in [-0.3, -0.25) is 14.7 Å². The zero-order valence-electron chi connectivity index (χ0n) is 13.3. The minimum atomic E-state index is -0.198. The van der Waals surface area contributed by atoms with Gasteiger partial charge in [0.25, 0.3) is 5.56 Å². The second-order valence-electron chi connectivity index (χ2n) is 5.85. The summed E-state index contributed by atoms with van der Waals surface area (Å²) in [6, 6.07) is 18.2. The van der Waals surface area contributed by atoms with Crippen molar-refractivity contribution in [1.29, 1.82) is 0 Å². The molecule has 4 rings (SSSR count). The van der Waals surface area contributed by atoms with E-state index in [2.05, 4.69) is 10.2 Å². The van der Waals surface area contributed by atoms with Crippen molar-refractivity contribution in [2.24, 2.45) is 0 Å². The number of rotatable bonds is 4. The third-order valence-electron chi connectivity index (χ3n) is 4.17. The van der Waals surface area contributed by atoms with Gasteiger partial charge in [-0.2, -0.15) is 5.10 Å². The van der Waals surface area contributed by atoms with E-state index in [0.717, 1.165) is 22.0 Å². The van der Waals surface area contributed by atoms with E-state index >= 15 is 0 Å². The summed E-state index contributed by atoms with van der Waals surface area (Å²) in [4.78, 5) is 24.5. The number of H-pyrrole nitrogens is 1. The summed E-state index contributed by atoms with van der Waals surface area (Å²) in [7, 11) is 0. The first kappa shape index (κ1) is 15.1. The van der Waals surface area contributed by atoms with Gasteiger partial charge < -0.3 is 4.57 Å². The Hall–Kier alpha value is -3.47. The summed E-state index contributed by atoms with van der Waals surface area (Å²) < 4.78 is 1.45. The van der Waals surface area contributed by atoms with Crippen molar-refractivity contribution in [3.05, 3.63) is 89.0 Å². The molecule has 0 atom stereocenters. The molecule has 0 bridgehead atoms. The molecular weight excluding hydrogens is 314 g/mol. The van der Waals surface area contributed by atoms with Gasteiger partial charge in [-0.05, 0) is 23.3 Å². The fourth-order valence-electron chi connectivity index (χ4n) is 2.81. The maximum atomic E-state index is 12.4. The average Bonchev–Trinajstić information content (AvgIpc) is 3.12. The molecular formula is C20H15N3O2. The molecule has 0 aliphatic rings. The van der Waals surface area contributed by atoms with Gasteiger partial charge >= 0.3 is 0 Å². The fourth-order valence-corrected chi connectivity index (χ4v) is 2.81. The second kappa shape index (κ2) is 6.20. The summed E-state index contributed by atoms with van der Waals surface area (Å²) in [5.41, 5.74) is 3.15. The molecule has 122 valence electrons. The van der Waals surface area contributed by atoms with Crippen LogP contribution in [0.15, 0.2) is 77.9 Å². The van der Waals surface area contributed by atoms with Gasteiger partial charge in [0.1, 0.15) is 0 Å². The summed E-state index contributed by atoms with van der Waals surface area (Å²) in [5, 5.41) is 7.98. The minimum Gasteiger partial charge on any atom is -0.307 e. The Labute approximate surface area is 143 Å². The van der Waals surface area contributed by atoms with Crippen LogP contribution in [0.1, 0.15) is 10.4 Å². The number of Topliss-reactive ketones (excluding diaryl/α,β-unsaturated/α-hetero) is 1. The average molecular weight is 329 g/mol. The Morgan fingerprint density at radius 2 is 1.80 bits per heavy atom. The number of pyridine rings is 1. The summed E-state index contributed by atoms with van der Waals surface area (Å²) in [6.07, 6.45) is 3.49. The van der Waals surface area contributed by atoms with Crippen molar-refractivity contribution >= 4 is 16.7 Å². The van der Waals surface area contributed by atoms with Crippen LogP contribution < -0.4 is 5.56 Å². The molecule has 0 radical (unpaired) electrons. The van der Waals surface area contributed by atoms with Gasteiger partial charge in [-0.15, -0.1) is 0 Å². The van der Waals surface area contributed by atoms with Crippen LogP contribution in [-0.4, -0.2) is 20.5 Å². The molecule has 5 heteroatoms. The van der Waals surface area contributed by atoms with Gasteiger partial charge in [0, 0.05) is 23.2 Å². The minimum absolute atomic E-state index is 0.0169. The molecule has 4 aromatic rings. The Bertz CT molecular complexity index is 1110. The van der Waals surface area contributed by atoms with E-state index < -0.39 is 0 Å². The Morgan fingerprint density at radius 3 is 2.64 bits per heavy atom. The van der Waals surface area contributed by atoms with Crippen molar-refractivity contribution in [3.8, 4) is 11.1 Å². The maximum absolute atomic E-state index is 12.4. The van der Waals surface area contributed by atoms with Gasteiger partial charge in [0.2, 0.25) is 0 Å². The molecule has 25 heavy (non-hydrogen) atoms. The van der Waals surface area contributed by atoms with Crippen LogP contribution in [-0.2, 0) is 6.54 Å². The monoisotopic (exact) mass is 329 g/mol. The molecule has 2 aromatic heterocycles. The Morgan fingerprint density at radius 1 is 1.00 bits per heavy atom. The van der Waals surface area contributed by atoms with Crippen LogP contribution in [0.4, 0.5) is 0 Å². The Balaban J connectivity index is 1.68. The first-order valence-corrected chi connectivity index (χ1v) is 7.93. The lowest BCUT2D eigenvalue weighted by atomic mass is 10.1. The second-order valence-corrected chi connectivity index (χ2v) is 5.85. The SMILES string of the molecule is O=C(Cn1cc(-c2ccc3cn[nH]c3c2)ccc1=O)c1ccccc1. The standard InChI is InChI=1S/C20H15N3O2/c24-19(14-4-2-1-3-5-14)13-23-12-17(8-9-20(23)25)15-6-7-16-11-21-22-18(16)10-15/h1-12H,13H2,(H,21,22). The first-order valence-electron chi connectivity index (χ1n) is 7.93. The smallest absolute Gasteiger partial charge is 0.250 e. The molecule has 0 spiro atoms. The largest absolute Gasteiger partial charge is 0.307 e. The van der Waals surface area contributed by atoms with E-state index in [4.69, 9.17) is 0 Å². The van der Waals surface area contributed by atoms with E-state index in [1.165, 1.54) is 10.6 Å². The summed E-state index contributed by atoms with van der Waals surface area (Å²) >= 11 is 0. The molecule has 0 amide bonds. The lowest BCUT2D eigenvalue weighted by Crippen LogP contribution is -2.23. The molecule has 0 fully saturated rings. The number of benzene rings is 2. The van der Waals surface area contributed by atoms with E-state index in [-0.39, 0.29) is 17.9 Å². The van der Waals surface area contributed by atoms with Gasteiger partial charge in [-0.1, -0.05) is 42.5 Å². The Kier molecular flexibility index (Phi) is 3.74. The van der Waals surface area contributed by atoms with Gasteiger partial charge in [-0.25, -0.2) is 0 Å². The van der Waals surface area contributed by atoms with Gasteiger partial charge in [0.05, 0.1) is 18.3 Å². The number of fused-ring (bicyclic) bond motifs is 1. The molecule has 0 unspecified atom stereocenters. The number of aromatic amines is 1.